The third kappa shape index (κ3) is 2.01. The molecule has 1 aromatic carbocycles. The van der Waals surface area contributed by atoms with Crippen LogP contribution in [0.3, 0.4) is 0 Å². The zero-order valence-corrected chi connectivity index (χ0v) is 14.2. The van der Waals surface area contributed by atoms with Crippen LogP contribution in [-0.4, -0.2) is 34.1 Å². The maximum atomic E-state index is 12.8. The number of hydrogen-bond donors (Lipinski definition) is 2. The molecule has 1 fully saturated rings. The number of amides is 4. The molecule has 1 saturated heterocycles. The Kier molecular flexibility index (Phi) is 3.17. The van der Waals surface area contributed by atoms with Crippen molar-refractivity contribution in [1.29, 1.82) is 0 Å². The van der Waals surface area contributed by atoms with Crippen LogP contribution in [0.15, 0.2) is 41.7 Å². The van der Waals surface area contributed by atoms with Gasteiger partial charge < -0.3 is 9.64 Å². The van der Waals surface area contributed by atoms with Crippen molar-refractivity contribution >= 4 is 29.7 Å². The molecule has 8 heteroatoms. The number of allylic oxidation sites excluding steroid dienone is 1. The van der Waals surface area contributed by atoms with Crippen LogP contribution < -0.4 is 10.6 Å². The van der Waals surface area contributed by atoms with Crippen molar-refractivity contribution in [3.63, 3.8) is 0 Å². The zero-order valence-electron chi connectivity index (χ0n) is 14.2. The van der Waals surface area contributed by atoms with Crippen LogP contribution in [0.5, 0.6) is 0 Å². The molecule has 0 saturated carbocycles. The van der Waals surface area contributed by atoms with E-state index in [9.17, 15) is 19.2 Å². The lowest BCUT2D eigenvalue weighted by atomic mass is 9.78. The summed E-state index contributed by atoms with van der Waals surface area (Å²) in [6.45, 7) is 0. The topological polar surface area (TPSA) is 105 Å². The van der Waals surface area contributed by atoms with E-state index in [2.05, 4.69) is 10.6 Å². The van der Waals surface area contributed by atoms with E-state index in [1.165, 1.54) is 0 Å². The molecule has 0 bridgehead atoms. The van der Waals surface area contributed by atoms with Gasteiger partial charge in [-0.15, -0.1) is 0 Å². The highest BCUT2D eigenvalue weighted by molar-refractivity contribution is 6.28. The predicted molar refractivity (Wildman–Crippen MR) is 91.4 cm³/mol. The Bertz CT molecular complexity index is 973. The van der Waals surface area contributed by atoms with E-state index in [0.717, 1.165) is 11.1 Å². The fraction of sp³-hybridized carbons (Fsp3) is 0.263. The Hall–Kier alpha value is -3.26. The molecular weight excluding hydrogens is 350 g/mol. The number of nitrogens with one attached hydrogen (secondary N) is 2. The molecule has 2 N–H and O–H groups in total. The highest BCUT2D eigenvalue weighted by Crippen LogP contribution is 2.48. The number of rotatable bonds is 0. The van der Waals surface area contributed by atoms with Crippen molar-refractivity contribution in [3.05, 3.63) is 52.9 Å². The van der Waals surface area contributed by atoms with Crippen LogP contribution in [0.25, 0.3) is 6.08 Å². The first kappa shape index (κ1) is 16.0. The van der Waals surface area contributed by atoms with Gasteiger partial charge in [0, 0.05) is 23.9 Å². The molecule has 3 heterocycles. The van der Waals surface area contributed by atoms with Crippen molar-refractivity contribution in [1.82, 2.24) is 15.5 Å². The van der Waals surface area contributed by atoms with Gasteiger partial charge in [-0.25, -0.2) is 4.79 Å². The summed E-state index contributed by atoms with van der Waals surface area (Å²) in [6, 6.07) is 6.55. The summed E-state index contributed by atoms with van der Waals surface area (Å²) in [5.74, 6) is -2.17. The first-order chi connectivity index (χ1) is 13.0. The van der Waals surface area contributed by atoms with E-state index < -0.39 is 29.7 Å². The number of carbonyl (C=O) groups is 4. The van der Waals surface area contributed by atoms with Crippen LogP contribution in [0.2, 0.25) is 0 Å². The SMILES string of the molecule is O=C1NC(=O)C2(OC3c4ccccc4C=CN3C3=C2C(=O)CCC3)C(=O)N1. The summed E-state index contributed by atoms with van der Waals surface area (Å²) in [4.78, 5) is 51.8. The third-order valence-corrected chi connectivity index (χ3v) is 5.36. The van der Waals surface area contributed by atoms with Gasteiger partial charge >= 0.3 is 6.03 Å². The number of fused-ring (bicyclic) bond motifs is 5. The molecule has 4 aliphatic rings. The highest BCUT2D eigenvalue weighted by Gasteiger charge is 2.62. The van der Waals surface area contributed by atoms with Gasteiger partial charge in [-0.3, -0.25) is 25.0 Å². The minimum absolute atomic E-state index is 0.0246. The van der Waals surface area contributed by atoms with Gasteiger partial charge in [0.15, 0.2) is 12.0 Å². The van der Waals surface area contributed by atoms with Gasteiger partial charge in [0.25, 0.3) is 17.4 Å². The Morgan fingerprint density at radius 2 is 1.78 bits per heavy atom. The number of carbonyl (C=O) groups excluding carboxylic acids is 4. The summed E-state index contributed by atoms with van der Waals surface area (Å²) in [5.41, 5.74) is 0.124. The zero-order chi connectivity index (χ0) is 18.8. The molecule has 0 radical (unpaired) electrons. The van der Waals surface area contributed by atoms with E-state index in [1.54, 1.807) is 11.1 Å². The fourth-order valence-electron chi connectivity index (χ4n) is 4.19. The number of urea groups is 1. The average molecular weight is 365 g/mol. The minimum Gasteiger partial charge on any atom is -0.323 e. The van der Waals surface area contributed by atoms with E-state index in [0.29, 0.717) is 18.5 Å². The lowest BCUT2D eigenvalue weighted by Crippen LogP contribution is -2.71. The minimum atomic E-state index is -2.17. The van der Waals surface area contributed by atoms with Gasteiger partial charge in [-0.05, 0) is 24.5 Å². The lowest BCUT2D eigenvalue weighted by Gasteiger charge is -2.49. The van der Waals surface area contributed by atoms with Crippen molar-refractivity contribution in [3.8, 4) is 0 Å². The van der Waals surface area contributed by atoms with E-state index in [4.69, 9.17) is 4.74 Å². The highest BCUT2D eigenvalue weighted by atomic mass is 16.5. The predicted octanol–water partition coefficient (Wildman–Crippen LogP) is 1.11. The van der Waals surface area contributed by atoms with Crippen molar-refractivity contribution in [2.75, 3.05) is 0 Å². The van der Waals surface area contributed by atoms with Gasteiger partial charge in [0.1, 0.15) is 0 Å². The Morgan fingerprint density at radius 3 is 2.56 bits per heavy atom. The molecule has 1 aliphatic carbocycles. The number of hydrogen-bond acceptors (Lipinski definition) is 6. The van der Waals surface area contributed by atoms with Crippen LogP contribution in [0, 0.1) is 0 Å². The van der Waals surface area contributed by atoms with Crippen LogP contribution in [0.1, 0.15) is 36.6 Å². The molecular formula is C19H15N3O5. The molecule has 27 heavy (non-hydrogen) atoms. The van der Waals surface area contributed by atoms with Gasteiger partial charge in [0.2, 0.25) is 0 Å². The second-order valence-corrected chi connectivity index (χ2v) is 6.84. The van der Waals surface area contributed by atoms with Crippen LogP contribution >= 0.6 is 0 Å². The Morgan fingerprint density at radius 1 is 1.04 bits per heavy atom. The summed E-state index contributed by atoms with van der Waals surface area (Å²) in [5, 5.41) is 4.17. The number of nitrogens with zero attached hydrogens (tertiary/aromatic N) is 1. The number of benzene rings is 1. The number of barbiturate groups is 1. The first-order valence-electron chi connectivity index (χ1n) is 8.69. The molecule has 5 rings (SSSR count). The summed E-state index contributed by atoms with van der Waals surface area (Å²) < 4.78 is 6.08. The normalized spacial score (nSPS) is 25.6. The summed E-state index contributed by atoms with van der Waals surface area (Å²) >= 11 is 0. The molecule has 1 spiro atoms. The van der Waals surface area contributed by atoms with Crippen LogP contribution in [-0.2, 0) is 19.1 Å². The number of ether oxygens (including phenoxy) is 1. The fourth-order valence-corrected chi connectivity index (χ4v) is 4.19. The first-order valence-corrected chi connectivity index (χ1v) is 8.69. The summed E-state index contributed by atoms with van der Waals surface area (Å²) in [7, 11) is 0. The molecule has 136 valence electrons. The van der Waals surface area contributed by atoms with Crippen molar-refractivity contribution in [2.45, 2.75) is 31.1 Å². The number of ketones is 1. The largest absolute Gasteiger partial charge is 0.328 e. The smallest absolute Gasteiger partial charge is 0.323 e. The second kappa shape index (κ2) is 5.37. The Labute approximate surface area is 153 Å². The van der Waals surface area contributed by atoms with Gasteiger partial charge in [-0.2, -0.15) is 0 Å². The van der Waals surface area contributed by atoms with Crippen molar-refractivity contribution in [2.24, 2.45) is 0 Å². The maximum Gasteiger partial charge on any atom is 0.328 e. The molecule has 3 aliphatic heterocycles. The standard InChI is InChI=1S/C19H15N3O5/c23-13-7-3-6-12-14(13)19(16(24)20-18(26)21-17(19)25)27-15-11-5-2-1-4-10(11)8-9-22(12)15/h1-2,4-5,8-9,15H,3,6-7H2,(H2,20,21,24,25,26). The Balaban J connectivity index is 1.77. The molecule has 0 aromatic heterocycles. The lowest BCUT2D eigenvalue weighted by molar-refractivity contribution is -0.181. The summed E-state index contributed by atoms with van der Waals surface area (Å²) in [6.07, 6.45) is 4.33. The van der Waals surface area contributed by atoms with Crippen LogP contribution in [0.4, 0.5) is 4.79 Å². The number of Topliss-reactive ketones (excluding diaryl/α,β-unsaturated/α-hetero) is 1. The van der Waals surface area contributed by atoms with E-state index >= 15 is 0 Å². The maximum absolute atomic E-state index is 12.8. The number of imide groups is 2. The third-order valence-electron chi connectivity index (χ3n) is 5.36. The molecule has 8 nitrogen and oxygen atoms in total. The molecule has 1 atom stereocenters. The van der Waals surface area contributed by atoms with E-state index in [1.807, 2.05) is 30.3 Å². The van der Waals surface area contributed by atoms with Gasteiger partial charge in [-0.1, -0.05) is 24.3 Å². The average Bonchev–Trinajstić information content (AvgIpc) is 2.65. The van der Waals surface area contributed by atoms with E-state index in [-0.39, 0.29) is 17.8 Å². The van der Waals surface area contributed by atoms with Gasteiger partial charge in [0.05, 0.1) is 5.57 Å². The monoisotopic (exact) mass is 365 g/mol. The second-order valence-electron chi connectivity index (χ2n) is 6.84. The molecule has 1 unspecified atom stereocenters. The van der Waals surface area contributed by atoms with Crippen molar-refractivity contribution < 1.29 is 23.9 Å². The molecule has 4 amide bonds. The quantitative estimate of drug-likeness (QED) is 0.668. The molecule has 1 aromatic rings.